The second kappa shape index (κ2) is 6.99. The number of nitrogens with one attached hydrogen (secondary N) is 2. The van der Waals surface area contributed by atoms with Crippen molar-refractivity contribution in [2.45, 2.75) is 13.0 Å². The zero-order valence-corrected chi connectivity index (χ0v) is 14.3. The molecule has 2 N–H and O–H groups in total. The monoisotopic (exact) mass is 340 g/mol. The number of benzene rings is 3. The van der Waals surface area contributed by atoms with E-state index in [9.17, 15) is 0 Å². The van der Waals surface area contributed by atoms with Gasteiger partial charge in [-0.2, -0.15) is 0 Å². The van der Waals surface area contributed by atoms with Crippen molar-refractivity contribution in [3.8, 4) is 0 Å². The number of rotatable bonds is 3. The maximum absolute atomic E-state index is 5.89. The Labute approximate surface area is 146 Å². The molecule has 0 saturated carbocycles. The van der Waals surface area contributed by atoms with Crippen LogP contribution in [0.1, 0.15) is 18.5 Å². The average Bonchev–Trinajstić information content (AvgIpc) is 2.56. The summed E-state index contributed by atoms with van der Waals surface area (Å²) in [4.78, 5) is 0. The zero-order valence-electron chi connectivity index (χ0n) is 12.7. The van der Waals surface area contributed by atoms with E-state index >= 15 is 0 Å². The van der Waals surface area contributed by atoms with Gasteiger partial charge in [-0.05, 0) is 59.7 Å². The molecule has 0 fully saturated rings. The third-order valence-corrected chi connectivity index (χ3v) is 4.21. The van der Waals surface area contributed by atoms with Gasteiger partial charge < -0.3 is 10.6 Å². The molecule has 1 atom stereocenters. The molecule has 0 aliphatic carbocycles. The standard InChI is InChI=1S/C19H17ClN2S/c1-13(17-8-4-6-14-5-2-3-7-18(14)17)21-19(23)22-16-11-9-15(20)10-12-16/h2-13H,1H3,(H2,21,22,23)/t13-/m1/s1. The fraction of sp³-hybridized carbons (Fsp3) is 0.105. The Morgan fingerprint density at radius 3 is 2.43 bits per heavy atom. The molecule has 3 rings (SSSR count). The summed E-state index contributed by atoms with van der Waals surface area (Å²) < 4.78 is 0. The van der Waals surface area contributed by atoms with Crippen molar-refractivity contribution in [2.24, 2.45) is 0 Å². The van der Waals surface area contributed by atoms with Gasteiger partial charge in [-0.15, -0.1) is 0 Å². The van der Waals surface area contributed by atoms with Crippen molar-refractivity contribution in [3.05, 3.63) is 77.3 Å². The molecular weight excluding hydrogens is 324 g/mol. The van der Waals surface area contributed by atoms with Crippen molar-refractivity contribution in [2.75, 3.05) is 5.32 Å². The van der Waals surface area contributed by atoms with Gasteiger partial charge in [0, 0.05) is 10.7 Å². The van der Waals surface area contributed by atoms with Crippen LogP contribution >= 0.6 is 23.8 Å². The SMILES string of the molecule is C[C@@H](NC(=S)Nc1ccc(Cl)cc1)c1cccc2ccccc12. The van der Waals surface area contributed by atoms with Crippen LogP contribution < -0.4 is 10.6 Å². The molecule has 0 saturated heterocycles. The lowest BCUT2D eigenvalue weighted by Crippen LogP contribution is -2.30. The average molecular weight is 341 g/mol. The summed E-state index contributed by atoms with van der Waals surface area (Å²) in [5.41, 5.74) is 2.14. The van der Waals surface area contributed by atoms with E-state index in [1.165, 1.54) is 16.3 Å². The van der Waals surface area contributed by atoms with Gasteiger partial charge in [0.25, 0.3) is 0 Å². The van der Waals surface area contributed by atoms with E-state index in [4.69, 9.17) is 23.8 Å². The van der Waals surface area contributed by atoms with Crippen LogP contribution in [0, 0.1) is 0 Å². The van der Waals surface area contributed by atoms with Crippen molar-refractivity contribution in [1.82, 2.24) is 5.32 Å². The largest absolute Gasteiger partial charge is 0.356 e. The summed E-state index contributed by atoms with van der Waals surface area (Å²) in [5.74, 6) is 0. The summed E-state index contributed by atoms with van der Waals surface area (Å²) >= 11 is 11.3. The maximum Gasteiger partial charge on any atom is 0.171 e. The minimum atomic E-state index is 0.105. The number of hydrogen-bond donors (Lipinski definition) is 2. The lowest BCUT2D eigenvalue weighted by molar-refractivity contribution is 0.729. The van der Waals surface area contributed by atoms with Gasteiger partial charge >= 0.3 is 0 Å². The molecule has 0 heterocycles. The number of anilines is 1. The molecule has 116 valence electrons. The highest BCUT2D eigenvalue weighted by atomic mass is 35.5. The lowest BCUT2D eigenvalue weighted by Gasteiger charge is -2.19. The highest BCUT2D eigenvalue weighted by Gasteiger charge is 2.10. The Morgan fingerprint density at radius 1 is 0.957 bits per heavy atom. The number of thiocarbonyl (C=S) groups is 1. The minimum absolute atomic E-state index is 0.105. The molecule has 3 aromatic rings. The molecule has 2 nitrogen and oxygen atoms in total. The molecule has 0 aromatic heterocycles. The van der Waals surface area contributed by atoms with Gasteiger partial charge in [0.05, 0.1) is 6.04 Å². The van der Waals surface area contributed by atoms with E-state index in [2.05, 4.69) is 60.0 Å². The molecule has 0 radical (unpaired) electrons. The minimum Gasteiger partial charge on any atom is -0.356 e. The second-order valence-electron chi connectivity index (χ2n) is 5.40. The first-order chi connectivity index (χ1) is 11.1. The van der Waals surface area contributed by atoms with Gasteiger partial charge in [0.1, 0.15) is 0 Å². The Hall–Kier alpha value is -2.10. The summed E-state index contributed by atoms with van der Waals surface area (Å²) in [6.45, 7) is 2.11. The van der Waals surface area contributed by atoms with E-state index in [1.807, 2.05) is 24.3 Å². The third-order valence-electron chi connectivity index (χ3n) is 3.74. The number of fused-ring (bicyclic) bond motifs is 1. The molecule has 4 heteroatoms. The van der Waals surface area contributed by atoms with Crippen LogP contribution in [0.2, 0.25) is 5.02 Å². The van der Waals surface area contributed by atoms with Crippen molar-refractivity contribution in [3.63, 3.8) is 0 Å². The second-order valence-corrected chi connectivity index (χ2v) is 6.24. The van der Waals surface area contributed by atoms with Gasteiger partial charge in [-0.3, -0.25) is 0 Å². The van der Waals surface area contributed by atoms with Crippen LogP contribution in [0.25, 0.3) is 10.8 Å². The normalized spacial score (nSPS) is 11.9. The summed E-state index contributed by atoms with van der Waals surface area (Å²) in [5, 5.41) is 10.3. The van der Waals surface area contributed by atoms with Gasteiger partial charge in [0.15, 0.2) is 5.11 Å². The number of halogens is 1. The molecule has 0 aliphatic rings. The summed E-state index contributed by atoms with van der Waals surface area (Å²) in [6.07, 6.45) is 0. The van der Waals surface area contributed by atoms with Crippen molar-refractivity contribution >= 4 is 45.4 Å². The highest BCUT2D eigenvalue weighted by molar-refractivity contribution is 7.80. The van der Waals surface area contributed by atoms with Crippen LogP contribution in [0.3, 0.4) is 0 Å². The summed E-state index contributed by atoms with van der Waals surface area (Å²) in [6, 6.07) is 22.3. The first-order valence-corrected chi connectivity index (χ1v) is 8.23. The Balaban J connectivity index is 1.74. The van der Waals surface area contributed by atoms with Gasteiger partial charge in [-0.25, -0.2) is 0 Å². The third kappa shape index (κ3) is 3.81. The Morgan fingerprint density at radius 2 is 1.65 bits per heavy atom. The molecule has 0 unspecified atom stereocenters. The van der Waals surface area contributed by atoms with E-state index in [0.29, 0.717) is 10.1 Å². The van der Waals surface area contributed by atoms with E-state index in [0.717, 1.165) is 5.69 Å². The topological polar surface area (TPSA) is 24.1 Å². The first-order valence-electron chi connectivity index (χ1n) is 7.44. The van der Waals surface area contributed by atoms with Gasteiger partial charge in [0.2, 0.25) is 0 Å². The predicted octanol–water partition coefficient (Wildman–Crippen LogP) is 5.54. The van der Waals surface area contributed by atoms with Crippen LogP contribution in [-0.4, -0.2) is 5.11 Å². The molecule has 23 heavy (non-hydrogen) atoms. The predicted molar refractivity (Wildman–Crippen MR) is 103 cm³/mol. The lowest BCUT2D eigenvalue weighted by atomic mass is 10.00. The smallest absolute Gasteiger partial charge is 0.171 e. The first kappa shape index (κ1) is 15.8. The van der Waals surface area contributed by atoms with E-state index in [1.54, 1.807) is 0 Å². The van der Waals surface area contributed by atoms with Crippen LogP contribution in [0.5, 0.6) is 0 Å². The Kier molecular flexibility index (Phi) is 4.79. The van der Waals surface area contributed by atoms with Crippen LogP contribution in [0.15, 0.2) is 66.7 Å². The number of hydrogen-bond acceptors (Lipinski definition) is 1. The highest BCUT2D eigenvalue weighted by Crippen LogP contribution is 2.24. The van der Waals surface area contributed by atoms with E-state index in [-0.39, 0.29) is 6.04 Å². The fourth-order valence-electron chi connectivity index (χ4n) is 2.60. The van der Waals surface area contributed by atoms with Gasteiger partial charge in [-0.1, -0.05) is 54.1 Å². The quantitative estimate of drug-likeness (QED) is 0.612. The van der Waals surface area contributed by atoms with Crippen LogP contribution in [0.4, 0.5) is 5.69 Å². The molecule has 0 aliphatic heterocycles. The zero-order chi connectivity index (χ0) is 16.2. The maximum atomic E-state index is 5.89. The van der Waals surface area contributed by atoms with Crippen LogP contribution in [-0.2, 0) is 0 Å². The van der Waals surface area contributed by atoms with Crippen molar-refractivity contribution < 1.29 is 0 Å². The van der Waals surface area contributed by atoms with E-state index < -0.39 is 0 Å². The molecule has 0 bridgehead atoms. The molecule has 0 spiro atoms. The molecular formula is C19H17ClN2S. The summed E-state index contributed by atoms with van der Waals surface area (Å²) in [7, 11) is 0. The molecule has 0 amide bonds. The van der Waals surface area contributed by atoms with Crippen molar-refractivity contribution in [1.29, 1.82) is 0 Å². The molecule has 3 aromatic carbocycles. The fourth-order valence-corrected chi connectivity index (χ4v) is 3.02. The Bertz CT molecular complexity index is 825.